The van der Waals surface area contributed by atoms with Gasteiger partial charge in [0.05, 0.1) is 28.3 Å². The summed E-state index contributed by atoms with van der Waals surface area (Å²) in [6.07, 6.45) is 5.20. The average molecular weight is 306 g/mol. The molecule has 0 radical (unpaired) electrons. The van der Waals surface area contributed by atoms with Gasteiger partial charge in [-0.2, -0.15) is 5.10 Å². The summed E-state index contributed by atoms with van der Waals surface area (Å²) >= 11 is 7.46. The number of unbranched alkanes of at least 4 members (excludes halogenated alkanes) is 1. The van der Waals surface area contributed by atoms with Gasteiger partial charge in [-0.3, -0.25) is 4.68 Å². The molecule has 0 spiro atoms. The third-order valence-corrected chi connectivity index (χ3v) is 4.53. The van der Waals surface area contributed by atoms with Gasteiger partial charge in [0.25, 0.3) is 0 Å². The summed E-state index contributed by atoms with van der Waals surface area (Å²) in [6, 6.07) is 8.33. The lowest BCUT2D eigenvalue weighted by atomic mass is 10.2. The average Bonchev–Trinajstić information content (AvgIpc) is 3.10. The third-order valence-electron chi connectivity index (χ3n) is 3.30. The van der Waals surface area contributed by atoms with E-state index in [-0.39, 0.29) is 0 Å². The van der Waals surface area contributed by atoms with E-state index in [0.29, 0.717) is 5.88 Å². The zero-order valence-electron chi connectivity index (χ0n) is 11.1. The Balaban J connectivity index is 1.52. The smallest absolute Gasteiger partial charge is 0.0928 e. The number of benzene rings is 1. The number of fused-ring (bicyclic) bond motifs is 1. The third kappa shape index (κ3) is 3.02. The Morgan fingerprint density at radius 1 is 1.20 bits per heavy atom. The van der Waals surface area contributed by atoms with E-state index in [1.165, 1.54) is 15.9 Å². The van der Waals surface area contributed by atoms with Crippen LogP contribution in [0.2, 0.25) is 0 Å². The minimum absolute atomic E-state index is 0.510. The number of para-hydroxylation sites is 1. The summed E-state index contributed by atoms with van der Waals surface area (Å²) in [5, 5.41) is 8.88. The highest BCUT2D eigenvalue weighted by Crippen LogP contribution is 2.16. The number of alkyl halides is 1. The topological polar surface area (TPSA) is 30.7 Å². The summed E-state index contributed by atoms with van der Waals surface area (Å²) in [6.45, 7) is 0.960. The van der Waals surface area contributed by atoms with Crippen LogP contribution in [-0.2, 0) is 18.8 Å². The minimum atomic E-state index is 0.510. The Morgan fingerprint density at radius 3 is 2.95 bits per heavy atom. The molecule has 2 heterocycles. The van der Waals surface area contributed by atoms with E-state index in [4.69, 9.17) is 11.6 Å². The second-order valence-corrected chi connectivity index (χ2v) is 5.96. The highest BCUT2D eigenvalue weighted by Gasteiger charge is 2.03. The molecule has 2 aromatic heterocycles. The number of rotatable bonds is 6. The first-order valence-corrected chi connectivity index (χ1v) is 8.18. The molecule has 104 valence electrons. The molecule has 0 atom stereocenters. The van der Waals surface area contributed by atoms with Crippen molar-refractivity contribution in [3.63, 3.8) is 0 Å². The van der Waals surface area contributed by atoms with Gasteiger partial charge in [0.15, 0.2) is 0 Å². The van der Waals surface area contributed by atoms with Gasteiger partial charge >= 0.3 is 0 Å². The Labute approximate surface area is 127 Å². The summed E-state index contributed by atoms with van der Waals surface area (Å²) in [5.41, 5.74) is 2.20. The van der Waals surface area contributed by atoms with Crippen molar-refractivity contribution in [1.29, 1.82) is 0 Å². The Bertz CT molecular complexity index is 689. The Morgan fingerprint density at radius 2 is 2.10 bits per heavy atom. The van der Waals surface area contributed by atoms with Gasteiger partial charge in [0.1, 0.15) is 0 Å². The van der Waals surface area contributed by atoms with E-state index < -0.39 is 0 Å². The summed E-state index contributed by atoms with van der Waals surface area (Å²) in [4.78, 5) is 4.48. The zero-order valence-corrected chi connectivity index (χ0v) is 12.7. The van der Waals surface area contributed by atoms with Gasteiger partial charge in [0.2, 0.25) is 0 Å². The standard InChI is InChI=1S/C15H16ClN3S/c16-9-13-11-20-15(18-13)7-3-4-8-19-14-6-2-1-5-12(14)10-17-19/h1-2,5-6,10-11H,3-4,7-9H2. The number of halogens is 1. The fraction of sp³-hybridized carbons (Fsp3) is 0.333. The number of hydrogen-bond acceptors (Lipinski definition) is 3. The SMILES string of the molecule is ClCc1csc(CCCCn2ncc3ccccc32)n1. The molecular weight excluding hydrogens is 290 g/mol. The molecule has 0 saturated heterocycles. The molecule has 0 saturated carbocycles. The zero-order chi connectivity index (χ0) is 13.8. The number of nitrogens with zero attached hydrogens (tertiary/aromatic N) is 3. The molecule has 0 bridgehead atoms. The van der Waals surface area contributed by atoms with Crippen LogP contribution in [0.4, 0.5) is 0 Å². The first kappa shape index (κ1) is 13.6. The predicted molar refractivity (Wildman–Crippen MR) is 84.3 cm³/mol. The highest BCUT2D eigenvalue weighted by atomic mass is 35.5. The molecule has 3 nitrogen and oxygen atoms in total. The van der Waals surface area contributed by atoms with Crippen LogP contribution in [0, 0.1) is 0 Å². The fourth-order valence-electron chi connectivity index (χ4n) is 2.27. The van der Waals surface area contributed by atoms with Crippen molar-refractivity contribution in [2.45, 2.75) is 31.7 Å². The second kappa shape index (κ2) is 6.37. The van der Waals surface area contributed by atoms with Gasteiger partial charge < -0.3 is 0 Å². The first-order chi connectivity index (χ1) is 9.86. The van der Waals surface area contributed by atoms with Gasteiger partial charge in [-0.1, -0.05) is 18.2 Å². The van der Waals surface area contributed by atoms with Gasteiger partial charge in [-0.25, -0.2) is 4.98 Å². The quantitative estimate of drug-likeness (QED) is 0.503. The molecule has 3 aromatic rings. The van der Waals surface area contributed by atoms with Crippen molar-refractivity contribution < 1.29 is 0 Å². The van der Waals surface area contributed by atoms with Crippen molar-refractivity contribution in [3.8, 4) is 0 Å². The van der Waals surface area contributed by atoms with Crippen LogP contribution in [0.1, 0.15) is 23.5 Å². The number of thiazole rings is 1. The van der Waals surface area contributed by atoms with Crippen molar-refractivity contribution in [1.82, 2.24) is 14.8 Å². The summed E-state index contributed by atoms with van der Waals surface area (Å²) in [5.74, 6) is 0.510. The minimum Gasteiger partial charge on any atom is -0.265 e. The first-order valence-electron chi connectivity index (χ1n) is 6.76. The molecule has 0 unspecified atom stereocenters. The highest BCUT2D eigenvalue weighted by molar-refractivity contribution is 7.09. The van der Waals surface area contributed by atoms with Crippen LogP contribution in [0.5, 0.6) is 0 Å². The molecule has 1 aromatic carbocycles. The lowest BCUT2D eigenvalue weighted by Crippen LogP contribution is -2.00. The number of aryl methyl sites for hydroxylation is 2. The second-order valence-electron chi connectivity index (χ2n) is 4.75. The molecule has 3 rings (SSSR count). The largest absolute Gasteiger partial charge is 0.265 e. The van der Waals surface area contributed by atoms with Gasteiger partial charge in [-0.15, -0.1) is 22.9 Å². The van der Waals surface area contributed by atoms with Crippen LogP contribution >= 0.6 is 22.9 Å². The van der Waals surface area contributed by atoms with Crippen LogP contribution in [0.3, 0.4) is 0 Å². The number of aromatic nitrogens is 3. The number of hydrogen-bond donors (Lipinski definition) is 0. The Hall–Kier alpha value is -1.39. The summed E-state index contributed by atoms with van der Waals surface area (Å²) < 4.78 is 2.08. The van der Waals surface area contributed by atoms with Crippen molar-refractivity contribution in [3.05, 3.63) is 46.5 Å². The van der Waals surface area contributed by atoms with Crippen LogP contribution in [0.15, 0.2) is 35.8 Å². The maximum absolute atomic E-state index is 5.76. The van der Waals surface area contributed by atoms with Crippen LogP contribution in [0.25, 0.3) is 10.9 Å². The van der Waals surface area contributed by atoms with E-state index in [2.05, 4.69) is 33.0 Å². The molecule has 5 heteroatoms. The van der Waals surface area contributed by atoms with E-state index in [1.54, 1.807) is 11.3 Å². The van der Waals surface area contributed by atoms with E-state index in [0.717, 1.165) is 31.5 Å². The van der Waals surface area contributed by atoms with E-state index in [9.17, 15) is 0 Å². The molecule has 0 amide bonds. The molecule has 0 aliphatic carbocycles. The normalized spacial score (nSPS) is 11.2. The van der Waals surface area contributed by atoms with Crippen LogP contribution in [-0.4, -0.2) is 14.8 Å². The Kier molecular flexibility index (Phi) is 4.33. The van der Waals surface area contributed by atoms with Crippen molar-refractivity contribution >= 4 is 33.8 Å². The van der Waals surface area contributed by atoms with Crippen molar-refractivity contribution in [2.24, 2.45) is 0 Å². The summed E-state index contributed by atoms with van der Waals surface area (Å²) in [7, 11) is 0. The van der Waals surface area contributed by atoms with Crippen LogP contribution < -0.4 is 0 Å². The molecular formula is C15H16ClN3S. The molecule has 20 heavy (non-hydrogen) atoms. The monoisotopic (exact) mass is 305 g/mol. The lowest BCUT2D eigenvalue weighted by molar-refractivity contribution is 0.571. The predicted octanol–water partition coefficient (Wildman–Crippen LogP) is 4.25. The van der Waals surface area contributed by atoms with E-state index >= 15 is 0 Å². The van der Waals surface area contributed by atoms with E-state index in [1.807, 2.05) is 17.6 Å². The molecule has 0 N–H and O–H groups in total. The van der Waals surface area contributed by atoms with Gasteiger partial charge in [0, 0.05) is 17.3 Å². The maximum atomic E-state index is 5.76. The molecule has 0 aliphatic heterocycles. The molecule has 0 fully saturated rings. The molecule has 0 aliphatic rings. The van der Waals surface area contributed by atoms with Gasteiger partial charge in [-0.05, 0) is 25.3 Å². The lowest BCUT2D eigenvalue weighted by Gasteiger charge is -2.02. The maximum Gasteiger partial charge on any atom is 0.0928 e. The fourth-order valence-corrected chi connectivity index (χ4v) is 3.34. The van der Waals surface area contributed by atoms with Crippen molar-refractivity contribution in [2.75, 3.05) is 0 Å².